The number of likely N-dealkylation sites (tertiary alicyclic amines) is 1. The summed E-state index contributed by atoms with van der Waals surface area (Å²) in [5.41, 5.74) is 0. The van der Waals surface area contributed by atoms with E-state index < -0.39 is 0 Å². The van der Waals surface area contributed by atoms with Crippen molar-refractivity contribution in [1.82, 2.24) is 4.90 Å². The molecule has 2 rings (SSSR count). The van der Waals surface area contributed by atoms with Crippen LogP contribution in [0.1, 0.15) is 30.6 Å². The highest BCUT2D eigenvalue weighted by Gasteiger charge is 2.15. The lowest BCUT2D eigenvalue weighted by atomic mass is 10.2. The summed E-state index contributed by atoms with van der Waals surface area (Å²) in [7, 11) is 0. The van der Waals surface area contributed by atoms with E-state index in [1.807, 2.05) is 22.4 Å². The number of rotatable bonds is 4. The van der Waals surface area contributed by atoms with Crippen molar-refractivity contribution in [2.75, 3.05) is 19.7 Å². The number of thiophene rings is 1. The fraction of sp³-hybridized carbons (Fsp3) is 0.538. The molecule has 0 bridgehead atoms. The van der Waals surface area contributed by atoms with Crippen LogP contribution in [0.4, 0.5) is 0 Å². The third-order valence-electron chi connectivity index (χ3n) is 2.94. The summed E-state index contributed by atoms with van der Waals surface area (Å²) >= 11 is 1.59. The zero-order valence-corrected chi connectivity index (χ0v) is 11.2. The minimum absolute atomic E-state index is 0.0419. The quantitative estimate of drug-likeness (QED) is 0.620. The Kier molecular flexibility index (Phi) is 5.20. The Labute approximate surface area is 111 Å². The van der Waals surface area contributed by atoms with Gasteiger partial charge in [0.25, 0.3) is 5.91 Å². The molecule has 0 saturated carbocycles. The lowest BCUT2D eigenvalue weighted by Gasteiger charge is -2.19. The third kappa shape index (κ3) is 4.14. The predicted molar refractivity (Wildman–Crippen MR) is 72.9 cm³/mol. The predicted octanol–water partition coefficient (Wildman–Crippen LogP) is 2.50. The van der Waals surface area contributed by atoms with Gasteiger partial charge in [-0.15, -0.1) is 11.3 Å². The first kappa shape index (κ1) is 13.1. The number of amides is 1. The first-order chi connectivity index (χ1) is 8.86. The van der Waals surface area contributed by atoms with Gasteiger partial charge < -0.3 is 9.74 Å². The average Bonchev–Trinajstić information content (AvgIpc) is 2.74. The van der Waals surface area contributed by atoms with Crippen molar-refractivity contribution in [3.63, 3.8) is 0 Å². The van der Waals surface area contributed by atoms with Gasteiger partial charge in [-0.2, -0.15) is 0 Å². The van der Waals surface area contributed by atoms with Gasteiger partial charge in [-0.3, -0.25) is 4.79 Å². The minimum Gasteiger partial charge on any atom is -0.386 e. The molecule has 98 valence electrons. The normalized spacial score (nSPS) is 16.8. The second-order valence-electron chi connectivity index (χ2n) is 4.32. The summed E-state index contributed by atoms with van der Waals surface area (Å²) in [6.07, 6.45) is 6.29. The fourth-order valence-electron chi connectivity index (χ4n) is 1.96. The van der Waals surface area contributed by atoms with Crippen molar-refractivity contribution in [2.45, 2.75) is 25.7 Å². The topological polar surface area (TPSA) is 41.9 Å². The number of nitrogens with zero attached hydrogens (tertiary/aromatic N) is 2. The van der Waals surface area contributed by atoms with E-state index in [0.29, 0.717) is 0 Å². The molecular weight excluding hydrogens is 248 g/mol. The van der Waals surface area contributed by atoms with Crippen molar-refractivity contribution >= 4 is 23.5 Å². The number of carbonyl (C=O) groups is 1. The molecule has 18 heavy (non-hydrogen) atoms. The first-order valence-corrected chi connectivity index (χ1v) is 7.21. The van der Waals surface area contributed by atoms with E-state index in [1.165, 1.54) is 12.8 Å². The molecule has 1 amide bonds. The van der Waals surface area contributed by atoms with Crippen LogP contribution in [0.15, 0.2) is 22.7 Å². The van der Waals surface area contributed by atoms with Crippen LogP contribution >= 0.6 is 11.3 Å². The molecule has 0 atom stereocenters. The molecule has 2 heterocycles. The third-order valence-corrected chi connectivity index (χ3v) is 3.75. The smallest absolute Gasteiger partial charge is 0.263 e. The van der Waals surface area contributed by atoms with Crippen LogP contribution in [0, 0.1) is 0 Å². The van der Waals surface area contributed by atoms with Crippen LogP contribution in [-0.4, -0.2) is 36.7 Å². The van der Waals surface area contributed by atoms with Gasteiger partial charge >= 0.3 is 0 Å². The second-order valence-corrected chi connectivity index (χ2v) is 5.30. The number of carbonyl (C=O) groups excluding carboxylic acids is 1. The second kappa shape index (κ2) is 7.16. The van der Waals surface area contributed by atoms with Crippen LogP contribution in [0.3, 0.4) is 0 Å². The molecule has 0 N–H and O–H groups in total. The number of hydrogen-bond acceptors (Lipinski definition) is 4. The Bertz CT molecular complexity index is 382. The zero-order valence-electron chi connectivity index (χ0n) is 10.4. The Morgan fingerprint density at radius 3 is 2.83 bits per heavy atom. The van der Waals surface area contributed by atoms with Gasteiger partial charge in [-0.1, -0.05) is 24.1 Å². The fourth-order valence-corrected chi connectivity index (χ4v) is 2.53. The Morgan fingerprint density at radius 2 is 2.17 bits per heavy atom. The summed E-state index contributed by atoms with van der Waals surface area (Å²) < 4.78 is 0. The monoisotopic (exact) mass is 266 g/mol. The largest absolute Gasteiger partial charge is 0.386 e. The number of hydrogen-bond donors (Lipinski definition) is 0. The molecular formula is C13H18N2O2S. The SMILES string of the molecule is O=C(CON=Cc1cccs1)N1CCCCCC1. The number of oxime groups is 1. The van der Waals surface area contributed by atoms with Gasteiger partial charge in [-0.05, 0) is 24.3 Å². The Balaban J connectivity index is 1.70. The van der Waals surface area contributed by atoms with E-state index in [0.717, 1.165) is 30.8 Å². The lowest BCUT2D eigenvalue weighted by Crippen LogP contribution is -2.34. The van der Waals surface area contributed by atoms with Crippen molar-refractivity contribution < 1.29 is 9.63 Å². The van der Waals surface area contributed by atoms with Crippen molar-refractivity contribution in [1.29, 1.82) is 0 Å². The maximum atomic E-state index is 11.8. The van der Waals surface area contributed by atoms with Crippen LogP contribution in [-0.2, 0) is 9.63 Å². The molecule has 1 aliphatic rings. The van der Waals surface area contributed by atoms with Gasteiger partial charge in [0.05, 0.1) is 6.21 Å². The van der Waals surface area contributed by atoms with E-state index >= 15 is 0 Å². The van der Waals surface area contributed by atoms with Crippen LogP contribution in [0.25, 0.3) is 0 Å². The summed E-state index contributed by atoms with van der Waals surface area (Å²) in [6.45, 7) is 1.76. The Hall–Kier alpha value is -1.36. The van der Waals surface area contributed by atoms with Gasteiger partial charge in [0.1, 0.15) is 0 Å². The van der Waals surface area contributed by atoms with E-state index in [4.69, 9.17) is 4.84 Å². The Morgan fingerprint density at radius 1 is 1.39 bits per heavy atom. The summed E-state index contributed by atoms with van der Waals surface area (Å²) in [5, 5.41) is 5.79. The van der Waals surface area contributed by atoms with Crippen LogP contribution < -0.4 is 0 Å². The first-order valence-electron chi connectivity index (χ1n) is 6.33. The van der Waals surface area contributed by atoms with Crippen LogP contribution in [0.2, 0.25) is 0 Å². The van der Waals surface area contributed by atoms with E-state index in [9.17, 15) is 4.79 Å². The molecule has 0 aliphatic carbocycles. The molecule has 5 heteroatoms. The standard InChI is InChI=1S/C13H18N2O2S/c16-13(15-7-3-1-2-4-8-15)11-17-14-10-12-6-5-9-18-12/h5-6,9-10H,1-4,7-8,11H2. The van der Waals surface area contributed by atoms with Gasteiger partial charge in [-0.25, -0.2) is 0 Å². The van der Waals surface area contributed by atoms with E-state index in [1.54, 1.807) is 17.6 Å². The van der Waals surface area contributed by atoms with Crippen molar-refractivity contribution in [3.05, 3.63) is 22.4 Å². The molecule has 0 unspecified atom stereocenters. The van der Waals surface area contributed by atoms with Crippen molar-refractivity contribution in [3.8, 4) is 0 Å². The summed E-state index contributed by atoms with van der Waals surface area (Å²) in [6, 6.07) is 3.91. The average molecular weight is 266 g/mol. The highest BCUT2D eigenvalue weighted by Crippen LogP contribution is 2.09. The van der Waals surface area contributed by atoms with E-state index in [2.05, 4.69) is 5.16 Å². The van der Waals surface area contributed by atoms with Crippen molar-refractivity contribution in [2.24, 2.45) is 5.16 Å². The lowest BCUT2D eigenvalue weighted by molar-refractivity contribution is -0.136. The van der Waals surface area contributed by atoms with Gasteiger partial charge in [0, 0.05) is 18.0 Å². The summed E-state index contributed by atoms with van der Waals surface area (Å²) in [5.74, 6) is 0.0419. The van der Waals surface area contributed by atoms with Gasteiger partial charge in [0.2, 0.25) is 0 Å². The van der Waals surface area contributed by atoms with Crippen LogP contribution in [0.5, 0.6) is 0 Å². The maximum Gasteiger partial charge on any atom is 0.263 e. The molecule has 0 aromatic carbocycles. The highest BCUT2D eigenvalue weighted by atomic mass is 32.1. The highest BCUT2D eigenvalue weighted by molar-refractivity contribution is 7.11. The van der Waals surface area contributed by atoms with Gasteiger partial charge in [0.15, 0.2) is 6.61 Å². The maximum absolute atomic E-state index is 11.8. The molecule has 0 radical (unpaired) electrons. The molecule has 0 spiro atoms. The molecule has 1 aliphatic heterocycles. The molecule has 4 nitrogen and oxygen atoms in total. The molecule has 1 aromatic heterocycles. The zero-order chi connectivity index (χ0) is 12.6. The van der Waals surface area contributed by atoms with E-state index in [-0.39, 0.29) is 12.5 Å². The molecule has 1 aromatic rings. The summed E-state index contributed by atoms with van der Waals surface area (Å²) in [4.78, 5) is 19.8. The molecule has 1 fully saturated rings. The minimum atomic E-state index is 0.0419. The molecule has 1 saturated heterocycles.